The van der Waals surface area contributed by atoms with Gasteiger partial charge in [-0.3, -0.25) is 4.79 Å². The fourth-order valence-corrected chi connectivity index (χ4v) is 3.26. The first-order valence-electron chi connectivity index (χ1n) is 7.36. The van der Waals surface area contributed by atoms with Crippen LogP contribution in [-0.4, -0.2) is 35.5 Å². The number of aryl methyl sites for hydroxylation is 1. The highest BCUT2D eigenvalue weighted by Crippen LogP contribution is 2.24. The van der Waals surface area contributed by atoms with Gasteiger partial charge in [0.25, 0.3) is 0 Å². The van der Waals surface area contributed by atoms with E-state index in [4.69, 9.17) is 10.5 Å². The Hall–Kier alpha value is -1.34. The van der Waals surface area contributed by atoms with Gasteiger partial charge in [0.15, 0.2) is 0 Å². The van der Waals surface area contributed by atoms with E-state index in [1.807, 2.05) is 34.5 Å². The van der Waals surface area contributed by atoms with Crippen molar-refractivity contribution in [3.05, 3.63) is 46.4 Å². The molecule has 2 heterocycles. The molecule has 132 valence electrons. The van der Waals surface area contributed by atoms with Crippen LogP contribution in [0.3, 0.4) is 0 Å². The molecule has 0 saturated carbocycles. The van der Waals surface area contributed by atoms with Crippen molar-refractivity contribution < 1.29 is 9.53 Å². The smallest absolute Gasteiger partial charge is 0.223 e. The van der Waals surface area contributed by atoms with E-state index in [2.05, 4.69) is 4.98 Å². The Balaban J connectivity index is 0.00000144. The van der Waals surface area contributed by atoms with Crippen LogP contribution in [0.15, 0.2) is 35.8 Å². The highest BCUT2D eigenvalue weighted by Gasteiger charge is 2.26. The maximum Gasteiger partial charge on any atom is 0.223 e. The van der Waals surface area contributed by atoms with Crippen molar-refractivity contribution in [2.45, 2.75) is 18.9 Å². The van der Waals surface area contributed by atoms with E-state index in [1.165, 1.54) is 0 Å². The maximum absolute atomic E-state index is 12.4. The predicted molar refractivity (Wildman–Crippen MR) is 101 cm³/mol. The summed E-state index contributed by atoms with van der Waals surface area (Å²) in [6, 6.07) is 7.69. The molecule has 0 spiro atoms. The van der Waals surface area contributed by atoms with Gasteiger partial charge in [-0.1, -0.05) is 18.2 Å². The summed E-state index contributed by atoms with van der Waals surface area (Å²) >= 11 is 1.56. The molecule has 0 aliphatic carbocycles. The van der Waals surface area contributed by atoms with Gasteiger partial charge in [0.05, 0.1) is 13.2 Å². The Morgan fingerprint density at radius 3 is 2.88 bits per heavy atom. The Morgan fingerprint density at radius 1 is 1.38 bits per heavy atom. The van der Waals surface area contributed by atoms with Crippen molar-refractivity contribution >= 4 is 47.7 Å². The molecule has 2 aromatic rings. The highest BCUT2D eigenvalue weighted by atomic mass is 35.5. The molecule has 24 heavy (non-hydrogen) atoms. The number of para-hydroxylation sites is 1. The number of thiazole rings is 1. The third kappa shape index (κ3) is 5.08. The number of rotatable bonds is 4. The summed E-state index contributed by atoms with van der Waals surface area (Å²) in [6.07, 6.45) is 2.81. The van der Waals surface area contributed by atoms with Gasteiger partial charge in [0.1, 0.15) is 11.1 Å². The van der Waals surface area contributed by atoms with E-state index in [1.54, 1.807) is 17.5 Å². The van der Waals surface area contributed by atoms with E-state index in [9.17, 15) is 4.79 Å². The molecular weight excluding hydrogens is 369 g/mol. The zero-order chi connectivity index (χ0) is 15.4. The molecule has 1 amide bonds. The fourth-order valence-electron chi connectivity index (χ4n) is 2.58. The fraction of sp³-hybridized carbons (Fsp3) is 0.375. The first-order valence-corrected chi connectivity index (χ1v) is 8.24. The second-order valence-electron chi connectivity index (χ2n) is 5.27. The van der Waals surface area contributed by atoms with E-state index in [-0.39, 0.29) is 36.8 Å². The number of nitrogen functional groups attached to an aromatic ring is 1. The number of halogens is 2. The SMILES string of the molecule is Cl.Cl.Nc1ccccc1CCC(=O)N1CCOC(c2nccs2)C1. The van der Waals surface area contributed by atoms with Gasteiger partial charge < -0.3 is 15.4 Å². The number of ether oxygens (including phenoxy) is 1. The van der Waals surface area contributed by atoms with Crippen molar-refractivity contribution in [3.8, 4) is 0 Å². The lowest BCUT2D eigenvalue weighted by Gasteiger charge is -2.32. The summed E-state index contributed by atoms with van der Waals surface area (Å²) in [5, 5.41) is 2.86. The minimum Gasteiger partial charge on any atom is -0.399 e. The summed E-state index contributed by atoms with van der Waals surface area (Å²) in [7, 11) is 0. The minimum atomic E-state index is -0.0977. The van der Waals surface area contributed by atoms with Gasteiger partial charge in [-0.25, -0.2) is 4.98 Å². The van der Waals surface area contributed by atoms with Crippen LogP contribution in [0.1, 0.15) is 23.1 Å². The number of nitrogens with two attached hydrogens (primary N) is 1. The van der Waals surface area contributed by atoms with Crippen molar-refractivity contribution in [1.82, 2.24) is 9.88 Å². The van der Waals surface area contributed by atoms with Crippen LogP contribution in [0.25, 0.3) is 0 Å². The van der Waals surface area contributed by atoms with Gasteiger partial charge in [-0.05, 0) is 18.1 Å². The average molecular weight is 390 g/mol. The quantitative estimate of drug-likeness (QED) is 0.815. The van der Waals surface area contributed by atoms with Gasteiger partial charge in [-0.2, -0.15) is 0 Å². The van der Waals surface area contributed by atoms with Crippen molar-refractivity contribution in [3.63, 3.8) is 0 Å². The molecule has 5 nitrogen and oxygen atoms in total. The van der Waals surface area contributed by atoms with E-state index in [0.29, 0.717) is 32.5 Å². The summed E-state index contributed by atoms with van der Waals surface area (Å²) < 4.78 is 5.72. The second-order valence-corrected chi connectivity index (χ2v) is 6.19. The molecule has 1 saturated heterocycles. The van der Waals surface area contributed by atoms with Crippen molar-refractivity contribution in [2.75, 3.05) is 25.4 Å². The molecule has 0 bridgehead atoms. The standard InChI is InChI=1S/C16H19N3O2S.2ClH/c17-13-4-2-1-3-12(13)5-6-15(20)19-8-9-21-14(11-19)16-18-7-10-22-16;;/h1-4,7,10,14H,5-6,8-9,11,17H2;2*1H. The highest BCUT2D eigenvalue weighted by molar-refractivity contribution is 7.09. The van der Waals surface area contributed by atoms with Crippen LogP contribution in [0.5, 0.6) is 0 Å². The first-order chi connectivity index (χ1) is 10.7. The minimum absolute atomic E-state index is 0. The Labute approximate surface area is 158 Å². The number of morpholine rings is 1. The maximum atomic E-state index is 12.4. The number of hydrogen-bond acceptors (Lipinski definition) is 5. The lowest BCUT2D eigenvalue weighted by Crippen LogP contribution is -2.42. The molecule has 1 unspecified atom stereocenters. The summed E-state index contributed by atoms with van der Waals surface area (Å²) in [4.78, 5) is 18.6. The summed E-state index contributed by atoms with van der Waals surface area (Å²) in [6.45, 7) is 1.78. The van der Waals surface area contributed by atoms with Crippen LogP contribution in [0.2, 0.25) is 0 Å². The molecule has 1 atom stereocenters. The van der Waals surface area contributed by atoms with Crippen LogP contribution in [0, 0.1) is 0 Å². The van der Waals surface area contributed by atoms with Gasteiger partial charge in [0, 0.05) is 30.2 Å². The third-order valence-electron chi connectivity index (χ3n) is 3.81. The number of amides is 1. The van der Waals surface area contributed by atoms with Crippen molar-refractivity contribution in [2.24, 2.45) is 0 Å². The summed E-state index contributed by atoms with van der Waals surface area (Å²) in [5.41, 5.74) is 7.70. The molecule has 1 aliphatic heterocycles. The lowest BCUT2D eigenvalue weighted by atomic mass is 10.1. The monoisotopic (exact) mass is 389 g/mol. The van der Waals surface area contributed by atoms with Crippen molar-refractivity contribution in [1.29, 1.82) is 0 Å². The third-order valence-corrected chi connectivity index (χ3v) is 4.68. The number of aromatic nitrogens is 1. The average Bonchev–Trinajstić information content (AvgIpc) is 3.08. The molecule has 8 heteroatoms. The predicted octanol–water partition coefficient (Wildman–Crippen LogP) is 3.10. The zero-order valence-corrected chi connectivity index (χ0v) is 15.5. The largest absolute Gasteiger partial charge is 0.399 e. The number of benzene rings is 1. The molecular formula is C16H21Cl2N3O2S. The lowest BCUT2D eigenvalue weighted by molar-refractivity contribution is -0.139. The number of anilines is 1. The van der Waals surface area contributed by atoms with Crippen LogP contribution < -0.4 is 5.73 Å². The molecule has 3 rings (SSSR count). The molecule has 1 aliphatic rings. The summed E-state index contributed by atoms with van der Waals surface area (Å²) in [5.74, 6) is 0.146. The molecule has 1 fully saturated rings. The number of carbonyl (C=O) groups excluding carboxylic acids is 1. The molecule has 0 radical (unpaired) electrons. The number of nitrogens with zero attached hydrogens (tertiary/aromatic N) is 2. The number of carbonyl (C=O) groups is 1. The molecule has 2 N–H and O–H groups in total. The zero-order valence-electron chi connectivity index (χ0n) is 13.1. The van der Waals surface area contributed by atoms with Crippen LogP contribution in [0.4, 0.5) is 5.69 Å². The molecule has 1 aromatic carbocycles. The second kappa shape index (κ2) is 9.84. The molecule has 1 aromatic heterocycles. The van der Waals surface area contributed by atoms with Gasteiger partial charge in [-0.15, -0.1) is 36.2 Å². The van der Waals surface area contributed by atoms with E-state index < -0.39 is 0 Å². The van der Waals surface area contributed by atoms with E-state index in [0.717, 1.165) is 16.3 Å². The van der Waals surface area contributed by atoms with Gasteiger partial charge in [0.2, 0.25) is 5.91 Å². The van der Waals surface area contributed by atoms with Crippen LogP contribution >= 0.6 is 36.2 Å². The Morgan fingerprint density at radius 2 is 2.17 bits per heavy atom. The van der Waals surface area contributed by atoms with E-state index >= 15 is 0 Å². The van der Waals surface area contributed by atoms with Gasteiger partial charge >= 0.3 is 0 Å². The normalized spacial score (nSPS) is 16.8. The topological polar surface area (TPSA) is 68.5 Å². The Bertz CT molecular complexity index is 640. The number of hydrogen-bond donors (Lipinski definition) is 1. The Kier molecular flexibility index (Phi) is 8.48. The van der Waals surface area contributed by atoms with Crippen LogP contribution in [-0.2, 0) is 16.0 Å². The first kappa shape index (κ1) is 20.7.